The van der Waals surface area contributed by atoms with E-state index in [1.807, 2.05) is 77.7 Å². The van der Waals surface area contributed by atoms with Crippen molar-refractivity contribution in [2.45, 2.75) is 50.2 Å². The molecule has 0 aliphatic carbocycles. The summed E-state index contributed by atoms with van der Waals surface area (Å²) >= 11 is 6.39. The van der Waals surface area contributed by atoms with E-state index >= 15 is 0 Å². The molecule has 5 unspecified atom stereocenters. The van der Waals surface area contributed by atoms with Crippen LogP contribution in [-0.2, 0) is 17.9 Å². The number of aliphatic hydroxyl groups is 2. The molecule has 5 N–H and O–H groups in total. The predicted octanol–water partition coefficient (Wildman–Crippen LogP) is 4.89. The topological polar surface area (TPSA) is 108 Å². The van der Waals surface area contributed by atoms with Crippen molar-refractivity contribution in [1.29, 1.82) is 0 Å². The smallest absolute Gasteiger partial charge is 0.310 e. The molecular formula is C37H43ClN4O4. The number of rotatable bonds is 10. The lowest BCUT2D eigenvalue weighted by Gasteiger charge is -2.21. The Balaban J connectivity index is 0.000000187. The van der Waals surface area contributed by atoms with Crippen LogP contribution in [0.2, 0.25) is 5.02 Å². The van der Waals surface area contributed by atoms with E-state index in [9.17, 15) is 15.0 Å². The zero-order valence-electron chi connectivity index (χ0n) is 26.0. The molecule has 4 aromatic rings. The van der Waals surface area contributed by atoms with Gasteiger partial charge in [-0.3, -0.25) is 4.79 Å². The Kier molecular flexibility index (Phi) is 11.7. The van der Waals surface area contributed by atoms with Crippen LogP contribution in [-0.4, -0.2) is 71.8 Å². The maximum absolute atomic E-state index is 11.1. The third-order valence-corrected chi connectivity index (χ3v) is 9.01. The van der Waals surface area contributed by atoms with Crippen LogP contribution < -0.4 is 20.4 Å². The van der Waals surface area contributed by atoms with E-state index in [0.29, 0.717) is 36.8 Å². The second kappa shape index (κ2) is 16.1. The number of aliphatic carboxylic acids is 1. The van der Waals surface area contributed by atoms with Crippen LogP contribution in [0.4, 0.5) is 11.4 Å². The number of halogens is 1. The summed E-state index contributed by atoms with van der Waals surface area (Å²) in [5, 5.41) is 37.1. The molecule has 0 bridgehead atoms. The predicted molar refractivity (Wildman–Crippen MR) is 185 cm³/mol. The van der Waals surface area contributed by atoms with Crippen molar-refractivity contribution in [3.63, 3.8) is 0 Å². The van der Waals surface area contributed by atoms with Gasteiger partial charge in [0.1, 0.15) is 0 Å². The number of carbonyl (C=O) groups is 1. The van der Waals surface area contributed by atoms with E-state index in [1.54, 1.807) is 19.1 Å². The van der Waals surface area contributed by atoms with Gasteiger partial charge in [-0.1, -0.05) is 96.5 Å². The fourth-order valence-corrected chi connectivity index (χ4v) is 6.21. The summed E-state index contributed by atoms with van der Waals surface area (Å²) in [4.78, 5) is 15.4. The van der Waals surface area contributed by atoms with Crippen molar-refractivity contribution in [1.82, 2.24) is 10.6 Å². The minimum Gasteiger partial charge on any atom is -0.481 e. The standard InChI is InChI=1S/C20H23ClN2O3.C17H20N2O/c1-13(20(25)26)15-7-8-18(16(21)9-15)23-11-17(19(24)12-23)22-10-14-5-3-2-4-6-14;20-17-13-19(15-9-5-2-6-10-15)12-16(17)18-11-14-7-3-1-4-8-14/h2-9,13,17,19,22,24H,10-12H2,1H3,(H,25,26);1-10,16-18,20H,11-13H2. The first kappa shape index (κ1) is 33.4. The van der Waals surface area contributed by atoms with Crippen molar-refractivity contribution < 1.29 is 20.1 Å². The second-order valence-electron chi connectivity index (χ2n) is 12.0. The number of β-amino-alcohol motifs (C(OH)–C–C–N with tert-alkyl or cyclic N) is 2. The van der Waals surface area contributed by atoms with Gasteiger partial charge in [0.15, 0.2) is 0 Å². The Morgan fingerprint density at radius 3 is 1.72 bits per heavy atom. The lowest BCUT2D eigenvalue weighted by molar-refractivity contribution is -0.138. The van der Waals surface area contributed by atoms with Crippen LogP contribution in [0.25, 0.3) is 0 Å². The van der Waals surface area contributed by atoms with Crippen LogP contribution in [0.3, 0.4) is 0 Å². The molecule has 5 atom stereocenters. The Hall–Kier alpha value is -3.92. The fraction of sp³-hybridized carbons (Fsp3) is 0.324. The molecule has 0 saturated carbocycles. The molecule has 2 aliphatic heterocycles. The SMILES string of the molecule is CC(C(=O)O)c1ccc(N2CC(O)C(NCc3ccccc3)C2)c(Cl)c1.OC1CN(c2ccccc2)CC1NCc1ccccc1. The monoisotopic (exact) mass is 642 g/mol. The highest BCUT2D eigenvalue weighted by atomic mass is 35.5. The van der Waals surface area contributed by atoms with E-state index in [1.165, 1.54) is 16.8 Å². The molecule has 2 fully saturated rings. The van der Waals surface area contributed by atoms with E-state index in [2.05, 4.69) is 39.8 Å². The summed E-state index contributed by atoms with van der Waals surface area (Å²) in [5.74, 6) is -1.48. The van der Waals surface area contributed by atoms with Gasteiger partial charge in [0.2, 0.25) is 0 Å². The molecule has 6 rings (SSSR count). The highest BCUT2D eigenvalue weighted by molar-refractivity contribution is 6.33. The summed E-state index contributed by atoms with van der Waals surface area (Å²) in [7, 11) is 0. The first-order chi connectivity index (χ1) is 22.3. The number of carboxylic acid groups (broad SMARTS) is 1. The average molecular weight is 643 g/mol. The fourth-order valence-electron chi connectivity index (χ4n) is 5.90. The molecule has 2 heterocycles. The molecule has 4 aromatic carbocycles. The lowest BCUT2D eigenvalue weighted by Crippen LogP contribution is -2.38. The summed E-state index contributed by atoms with van der Waals surface area (Å²) in [6, 6.07) is 36.0. The molecule has 0 spiro atoms. The molecule has 242 valence electrons. The van der Waals surface area contributed by atoms with Crippen molar-refractivity contribution in [3.05, 3.63) is 131 Å². The Morgan fingerprint density at radius 1 is 0.739 bits per heavy atom. The molecule has 8 nitrogen and oxygen atoms in total. The van der Waals surface area contributed by atoms with Gasteiger partial charge in [-0.2, -0.15) is 0 Å². The lowest BCUT2D eigenvalue weighted by atomic mass is 10.0. The van der Waals surface area contributed by atoms with Gasteiger partial charge < -0.3 is 35.8 Å². The first-order valence-electron chi connectivity index (χ1n) is 15.8. The van der Waals surface area contributed by atoms with Crippen molar-refractivity contribution in [3.8, 4) is 0 Å². The second-order valence-corrected chi connectivity index (χ2v) is 12.4. The molecular weight excluding hydrogens is 600 g/mol. The Bertz CT molecular complexity index is 1530. The average Bonchev–Trinajstić information content (AvgIpc) is 3.65. The van der Waals surface area contributed by atoms with E-state index < -0.39 is 18.0 Å². The van der Waals surface area contributed by atoms with Gasteiger partial charge >= 0.3 is 5.97 Å². The highest BCUT2D eigenvalue weighted by Crippen LogP contribution is 2.32. The van der Waals surface area contributed by atoms with Gasteiger partial charge in [0, 0.05) is 45.0 Å². The van der Waals surface area contributed by atoms with Gasteiger partial charge in [-0.05, 0) is 47.9 Å². The first-order valence-corrected chi connectivity index (χ1v) is 16.1. The molecule has 0 aromatic heterocycles. The highest BCUT2D eigenvalue weighted by Gasteiger charge is 2.32. The third kappa shape index (κ3) is 8.87. The molecule has 9 heteroatoms. The minimum atomic E-state index is -0.879. The van der Waals surface area contributed by atoms with Gasteiger partial charge in [-0.15, -0.1) is 0 Å². The number of carboxylic acids is 1. The van der Waals surface area contributed by atoms with Crippen LogP contribution in [0.1, 0.15) is 29.5 Å². The number of hydrogen-bond donors (Lipinski definition) is 5. The van der Waals surface area contributed by atoms with Crippen molar-refractivity contribution >= 4 is 28.9 Å². The van der Waals surface area contributed by atoms with Crippen LogP contribution in [0.15, 0.2) is 109 Å². The van der Waals surface area contributed by atoms with Gasteiger partial charge in [-0.25, -0.2) is 0 Å². The Morgan fingerprint density at radius 2 is 1.22 bits per heavy atom. The number of benzene rings is 4. The maximum Gasteiger partial charge on any atom is 0.310 e. The zero-order valence-corrected chi connectivity index (χ0v) is 26.8. The van der Waals surface area contributed by atoms with Crippen molar-refractivity contribution in [2.75, 3.05) is 36.0 Å². The maximum atomic E-state index is 11.1. The van der Waals surface area contributed by atoms with Crippen LogP contribution in [0, 0.1) is 0 Å². The normalized spacial score (nSPS) is 21.5. The Labute approximate surface area is 276 Å². The van der Waals surface area contributed by atoms with E-state index in [0.717, 1.165) is 18.8 Å². The molecule has 2 aliphatic rings. The minimum absolute atomic E-state index is 0.0520. The summed E-state index contributed by atoms with van der Waals surface area (Å²) in [6.45, 7) is 5.79. The summed E-state index contributed by atoms with van der Waals surface area (Å²) in [5.41, 5.74) is 5.08. The number of hydrogen-bond acceptors (Lipinski definition) is 7. The van der Waals surface area contributed by atoms with Crippen molar-refractivity contribution in [2.24, 2.45) is 0 Å². The third-order valence-electron chi connectivity index (χ3n) is 8.70. The summed E-state index contributed by atoms with van der Waals surface area (Å²) in [6.07, 6.45) is -0.814. The molecule has 0 radical (unpaired) electrons. The number of anilines is 2. The van der Waals surface area contributed by atoms with Crippen LogP contribution in [0.5, 0.6) is 0 Å². The number of nitrogens with zero attached hydrogens (tertiary/aromatic N) is 2. The quantitative estimate of drug-likeness (QED) is 0.166. The largest absolute Gasteiger partial charge is 0.481 e. The summed E-state index contributed by atoms with van der Waals surface area (Å²) < 4.78 is 0. The van der Waals surface area contributed by atoms with E-state index in [-0.39, 0.29) is 18.2 Å². The van der Waals surface area contributed by atoms with Gasteiger partial charge in [0.05, 0.1) is 40.9 Å². The molecule has 0 amide bonds. The number of para-hydroxylation sites is 1. The van der Waals surface area contributed by atoms with Crippen LogP contribution >= 0.6 is 11.6 Å². The molecule has 2 saturated heterocycles. The molecule has 46 heavy (non-hydrogen) atoms. The number of aliphatic hydroxyl groups excluding tert-OH is 2. The van der Waals surface area contributed by atoms with Gasteiger partial charge in [0.25, 0.3) is 0 Å². The van der Waals surface area contributed by atoms with E-state index in [4.69, 9.17) is 16.7 Å². The number of nitrogens with one attached hydrogen (secondary N) is 2. The zero-order chi connectivity index (χ0) is 32.5.